The molecule has 74 valence electrons. The Labute approximate surface area is 79.3 Å². The summed E-state index contributed by atoms with van der Waals surface area (Å²) >= 11 is 0. The van der Waals surface area contributed by atoms with Gasteiger partial charge in [-0.1, -0.05) is 19.3 Å². The molecular weight excluding hydrogens is 164 g/mol. The predicted molar refractivity (Wildman–Crippen MR) is 50.4 cm³/mol. The number of carbonyl (C=O) groups is 1. The summed E-state index contributed by atoms with van der Waals surface area (Å²) < 4.78 is 0. The lowest BCUT2D eigenvalue weighted by molar-refractivity contribution is -0.143. The van der Waals surface area contributed by atoms with Crippen LogP contribution in [0, 0.1) is 17.8 Å². The Balaban J connectivity index is 1.78. The maximum Gasteiger partial charge on any atom is 0.306 e. The molecule has 2 aliphatic rings. The number of carboxylic acids is 1. The van der Waals surface area contributed by atoms with Crippen LogP contribution in [-0.4, -0.2) is 11.1 Å². The normalized spacial score (nSPS) is 35.4. The number of aliphatic carboxylic acids is 1. The molecule has 0 amide bonds. The molecule has 0 aromatic carbocycles. The van der Waals surface area contributed by atoms with Crippen LogP contribution in [0.1, 0.15) is 44.9 Å². The van der Waals surface area contributed by atoms with E-state index >= 15 is 0 Å². The highest BCUT2D eigenvalue weighted by Gasteiger charge is 2.32. The predicted octanol–water partition coefficient (Wildman–Crippen LogP) is 2.68. The summed E-state index contributed by atoms with van der Waals surface area (Å²) in [6.45, 7) is 0. The lowest BCUT2D eigenvalue weighted by atomic mass is 9.68. The maximum atomic E-state index is 10.7. The third-order valence-corrected chi connectivity index (χ3v) is 3.94. The standard InChI is InChI=1S/C11H18O2/c12-11(13)10-6-4-9(5-7-10)8-2-1-3-8/h8-10H,1-7H2,(H,12,13). The average Bonchev–Trinajstić information content (AvgIpc) is 2.02. The summed E-state index contributed by atoms with van der Waals surface area (Å²) in [6.07, 6.45) is 8.41. The third kappa shape index (κ3) is 1.87. The van der Waals surface area contributed by atoms with Crippen molar-refractivity contribution >= 4 is 5.97 Å². The van der Waals surface area contributed by atoms with E-state index in [1.165, 1.54) is 32.1 Å². The zero-order valence-electron chi connectivity index (χ0n) is 8.04. The van der Waals surface area contributed by atoms with E-state index < -0.39 is 5.97 Å². The summed E-state index contributed by atoms with van der Waals surface area (Å²) in [5.41, 5.74) is 0. The van der Waals surface area contributed by atoms with E-state index in [1.54, 1.807) is 0 Å². The Hall–Kier alpha value is -0.530. The second-order valence-corrected chi connectivity index (χ2v) is 4.64. The van der Waals surface area contributed by atoms with Gasteiger partial charge in [-0.25, -0.2) is 0 Å². The fourth-order valence-electron chi connectivity index (χ4n) is 2.75. The molecule has 1 N–H and O–H groups in total. The second-order valence-electron chi connectivity index (χ2n) is 4.64. The van der Waals surface area contributed by atoms with Gasteiger partial charge in [-0.05, 0) is 37.5 Å². The maximum absolute atomic E-state index is 10.7. The number of hydrogen-bond donors (Lipinski definition) is 1. The Morgan fingerprint density at radius 1 is 0.923 bits per heavy atom. The highest BCUT2D eigenvalue weighted by molar-refractivity contribution is 5.69. The molecule has 0 atom stereocenters. The van der Waals surface area contributed by atoms with E-state index in [2.05, 4.69) is 0 Å². The first-order chi connectivity index (χ1) is 6.27. The van der Waals surface area contributed by atoms with Crippen molar-refractivity contribution < 1.29 is 9.90 Å². The van der Waals surface area contributed by atoms with Crippen molar-refractivity contribution in [1.29, 1.82) is 0 Å². The molecule has 0 radical (unpaired) electrons. The van der Waals surface area contributed by atoms with Gasteiger partial charge in [0.25, 0.3) is 0 Å². The van der Waals surface area contributed by atoms with Crippen LogP contribution >= 0.6 is 0 Å². The van der Waals surface area contributed by atoms with E-state index in [0.717, 1.165) is 24.7 Å². The molecule has 0 heterocycles. The largest absolute Gasteiger partial charge is 0.481 e. The fraction of sp³-hybridized carbons (Fsp3) is 0.909. The summed E-state index contributed by atoms with van der Waals surface area (Å²) in [4.78, 5) is 10.7. The zero-order valence-corrected chi connectivity index (χ0v) is 8.04. The third-order valence-electron chi connectivity index (χ3n) is 3.94. The van der Waals surface area contributed by atoms with E-state index in [4.69, 9.17) is 5.11 Å². The Morgan fingerprint density at radius 3 is 1.85 bits per heavy atom. The zero-order chi connectivity index (χ0) is 9.26. The van der Waals surface area contributed by atoms with Gasteiger partial charge in [-0.3, -0.25) is 4.79 Å². The van der Waals surface area contributed by atoms with Gasteiger partial charge in [-0.15, -0.1) is 0 Å². The molecule has 0 aliphatic heterocycles. The lowest BCUT2D eigenvalue weighted by Crippen LogP contribution is -2.28. The minimum absolute atomic E-state index is 0.0312. The number of rotatable bonds is 2. The van der Waals surface area contributed by atoms with Crippen molar-refractivity contribution in [2.24, 2.45) is 17.8 Å². The van der Waals surface area contributed by atoms with Crippen molar-refractivity contribution in [3.8, 4) is 0 Å². The number of carboxylic acid groups (broad SMARTS) is 1. The van der Waals surface area contributed by atoms with Crippen molar-refractivity contribution in [3.63, 3.8) is 0 Å². The van der Waals surface area contributed by atoms with Crippen molar-refractivity contribution in [2.75, 3.05) is 0 Å². The topological polar surface area (TPSA) is 37.3 Å². The van der Waals surface area contributed by atoms with Gasteiger partial charge in [0.1, 0.15) is 0 Å². The molecule has 0 aromatic rings. The van der Waals surface area contributed by atoms with Crippen molar-refractivity contribution in [2.45, 2.75) is 44.9 Å². The molecule has 0 spiro atoms. The van der Waals surface area contributed by atoms with E-state index in [-0.39, 0.29) is 5.92 Å². The SMILES string of the molecule is O=C(O)C1CCC(C2CCC2)CC1. The fourth-order valence-corrected chi connectivity index (χ4v) is 2.75. The number of hydrogen-bond acceptors (Lipinski definition) is 1. The van der Waals surface area contributed by atoms with Crippen molar-refractivity contribution in [3.05, 3.63) is 0 Å². The van der Waals surface area contributed by atoms with Gasteiger partial charge in [0.05, 0.1) is 5.92 Å². The summed E-state index contributed by atoms with van der Waals surface area (Å²) in [6, 6.07) is 0. The Bertz CT molecular complexity index is 188. The second kappa shape index (κ2) is 3.69. The molecule has 13 heavy (non-hydrogen) atoms. The minimum atomic E-state index is -0.577. The van der Waals surface area contributed by atoms with Gasteiger partial charge in [0.2, 0.25) is 0 Å². The van der Waals surface area contributed by atoms with Crippen LogP contribution in [0.3, 0.4) is 0 Å². The summed E-state index contributed by atoms with van der Waals surface area (Å²) in [5, 5.41) is 8.83. The van der Waals surface area contributed by atoms with Crippen LogP contribution in [0.15, 0.2) is 0 Å². The highest BCUT2D eigenvalue weighted by atomic mass is 16.4. The van der Waals surface area contributed by atoms with Crippen LogP contribution in [0.25, 0.3) is 0 Å². The van der Waals surface area contributed by atoms with Crippen LogP contribution in [-0.2, 0) is 4.79 Å². The van der Waals surface area contributed by atoms with Crippen LogP contribution in [0.5, 0.6) is 0 Å². The first kappa shape index (κ1) is 9.04. The van der Waals surface area contributed by atoms with E-state index in [0.29, 0.717) is 0 Å². The monoisotopic (exact) mass is 182 g/mol. The smallest absolute Gasteiger partial charge is 0.306 e. The van der Waals surface area contributed by atoms with Crippen LogP contribution in [0.2, 0.25) is 0 Å². The molecule has 2 saturated carbocycles. The van der Waals surface area contributed by atoms with Gasteiger partial charge in [0.15, 0.2) is 0 Å². The first-order valence-electron chi connectivity index (χ1n) is 5.50. The molecule has 0 bridgehead atoms. The Morgan fingerprint density at radius 2 is 1.46 bits per heavy atom. The minimum Gasteiger partial charge on any atom is -0.481 e. The van der Waals surface area contributed by atoms with Gasteiger partial charge in [0, 0.05) is 0 Å². The van der Waals surface area contributed by atoms with Crippen LogP contribution in [0.4, 0.5) is 0 Å². The van der Waals surface area contributed by atoms with Crippen molar-refractivity contribution in [1.82, 2.24) is 0 Å². The molecule has 2 rings (SSSR count). The molecule has 2 nitrogen and oxygen atoms in total. The molecule has 0 saturated heterocycles. The average molecular weight is 182 g/mol. The van der Waals surface area contributed by atoms with Gasteiger partial charge >= 0.3 is 5.97 Å². The molecule has 0 aromatic heterocycles. The van der Waals surface area contributed by atoms with E-state index in [9.17, 15) is 4.79 Å². The molecule has 2 aliphatic carbocycles. The van der Waals surface area contributed by atoms with Crippen LogP contribution < -0.4 is 0 Å². The summed E-state index contributed by atoms with van der Waals surface area (Å²) in [5.74, 6) is 1.21. The summed E-state index contributed by atoms with van der Waals surface area (Å²) in [7, 11) is 0. The van der Waals surface area contributed by atoms with Gasteiger partial charge < -0.3 is 5.11 Å². The van der Waals surface area contributed by atoms with Gasteiger partial charge in [-0.2, -0.15) is 0 Å². The molecule has 0 unspecified atom stereocenters. The highest BCUT2D eigenvalue weighted by Crippen LogP contribution is 2.42. The molecule has 2 heteroatoms. The quantitative estimate of drug-likeness (QED) is 0.713. The first-order valence-corrected chi connectivity index (χ1v) is 5.50. The molecule has 2 fully saturated rings. The lowest BCUT2D eigenvalue weighted by Gasteiger charge is -2.37. The Kier molecular flexibility index (Phi) is 2.56. The molecular formula is C11H18O2. The van der Waals surface area contributed by atoms with E-state index in [1.807, 2.05) is 0 Å².